The Hall–Kier alpha value is -3.60. The number of nitrogens with one attached hydrogen (secondary N) is 1. The number of aromatic amines is 1. The number of ether oxygens (including phenoxy) is 1. The summed E-state index contributed by atoms with van der Waals surface area (Å²) >= 11 is 0. The number of H-pyrrole nitrogens is 1. The fourth-order valence-corrected chi connectivity index (χ4v) is 3.41. The van der Waals surface area contributed by atoms with Crippen LogP contribution in [-0.2, 0) is 0 Å². The van der Waals surface area contributed by atoms with Crippen LogP contribution in [0.5, 0.6) is 5.75 Å². The zero-order chi connectivity index (χ0) is 18.4. The summed E-state index contributed by atoms with van der Waals surface area (Å²) < 4.78 is 7.36. The molecule has 0 bridgehead atoms. The zero-order valence-corrected chi connectivity index (χ0v) is 15.1. The van der Waals surface area contributed by atoms with Crippen molar-refractivity contribution in [2.24, 2.45) is 0 Å². The maximum Gasteiger partial charge on any atom is 0.157 e. The Bertz CT molecular complexity index is 1260. The molecule has 0 amide bonds. The van der Waals surface area contributed by atoms with E-state index in [1.165, 1.54) is 5.56 Å². The van der Waals surface area contributed by atoms with Crippen LogP contribution in [0.3, 0.4) is 0 Å². The summed E-state index contributed by atoms with van der Waals surface area (Å²) in [7, 11) is 1.67. The van der Waals surface area contributed by atoms with Crippen LogP contribution in [-0.4, -0.2) is 26.5 Å². The summed E-state index contributed by atoms with van der Waals surface area (Å²) in [5, 5.41) is 0. The van der Waals surface area contributed by atoms with Gasteiger partial charge in [0.05, 0.1) is 18.1 Å². The van der Waals surface area contributed by atoms with Crippen LogP contribution in [0.1, 0.15) is 5.56 Å². The van der Waals surface area contributed by atoms with Crippen LogP contribution in [0.4, 0.5) is 0 Å². The summed E-state index contributed by atoms with van der Waals surface area (Å²) in [4.78, 5) is 13.2. The molecule has 132 valence electrons. The number of pyridine rings is 1. The minimum Gasteiger partial charge on any atom is -0.497 e. The molecule has 5 nitrogen and oxygen atoms in total. The number of benzene rings is 2. The Balaban J connectivity index is 1.78. The quantitative estimate of drug-likeness (QED) is 0.503. The number of nitrogens with zero attached hydrogens (tertiary/aromatic N) is 3. The topological polar surface area (TPSA) is 55.2 Å². The summed E-state index contributed by atoms with van der Waals surface area (Å²) in [6.45, 7) is 2.08. The largest absolute Gasteiger partial charge is 0.497 e. The Kier molecular flexibility index (Phi) is 3.47. The summed E-state index contributed by atoms with van der Waals surface area (Å²) in [5.74, 6) is 1.63. The van der Waals surface area contributed by atoms with Gasteiger partial charge < -0.3 is 9.72 Å². The third-order valence-electron chi connectivity index (χ3n) is 4.76. The summed E-state index contributed by atoms with van der Waals surface area (Å²) in [6.07, 6.45) is 2.02. The molecule has 3 aromatic heterocycles. The van der Waals surface area contributed by atoms with Crippen LogP contribution in [0.15, 0.2) is 66.9 Å². The number of aromatic nitrogens is 4. The van der Waals surface area contributed by atoms with Gasteiger partial charge in [-0.3, -0.25) is 4.40 Å². The van der Waals surface area contributed by atoms with Crippen molar-refractivity contribution in [1.29, 1.82) is 0 Å². The maximum atomic E-state index is 5.29. The SMILES string of the molecule is COc1ccc(-c2nc3ccccn3c2-c2nc3ccc(C)cc3[nH]2)cc1. The lowest BCUT2D eigenvalue weighted by atomic mass is 10.1. The van der Waals surface area contributed by atoms with Crippen molar-refractivity contribution in [3.63, 3.8) is 0 Å². The normalized spacial score (nSPS) is 11.3. The van der Waals surface area contributed by atoms with Crippen molar-refractivity contribution in [2.75, 3.05) is 7.11 Å². The van der Waals surface area contributed by atoms with Crippen molar-refractivity contribution in [3.8, 4) is 28.5 Å². The van der Waals surface area contributed by atoms with Crippen molar-refractivity contribution < 1.29 is 4.74 Å². The Morgan fingerprint density at radius 3 is 2.63 bits per heavy atom. The fourth-order valence-electron chi connectivity index (χ4n) is 3.41. The molecule has 5 heteroatoms. The molecule has 0 saturated carbocycles. The number of methoxy groups -OCH3 is 1. The maximum absolute atomic E-state index is 5.29. The molecule has 0 aliphatic rings. The van der Waals surface area contributed by atoms with E-state index >= 15 is 0 Å². The number of hydrogen-bond donors (Lipinski definition) is 1. The molecule has 0 atom stereocenters. The fraction of sp³-hybridized carbons (Fsp3) is 0.0909. The van der Waals surface area contributed by atoms with Gasteiger partial charge in [-0.1, -0.05) is 12.1 Å². The van der Waals surface area contributed by atoms with E-state index < -0.39 is 0 Å². The number of hydrogen-bond acceptors (Lipinski definition) is 3. The van der Waals surface area contributed by atoms with E-state index in [4.69, 9.17) is 14.7 Å². The van der Waals surface area contributed by atoms with Gasteiger partial charge in [-0.05, 0) is 61.0 Å². The molecular weight excluding hydrogens is 336 g/mol. The highest BCUT2D eigenvalue weighted by atomic mass is 16.5. The van der Waals surface area contributed by atoms with E-state index in [1.807, 2.05) is 54.7 Å². The van der Waals surface area contributed by atoms with Crippen molar-refractivity contribution in [1.82, 2.24) is 19.4 Å². The second kappa shape index (κ2) is 5.99. The number of rotatable bonds is 3. The van der Waals surface area contributed by atoms with Gasteiger partial charge in [-0.25, -0.2) is 9.97 Å². The predicted octanol–water partition coefficient (Wildman–Crippen LogP) is 4.86. The molecule has 0 saturated heterocycles. The van der Waals surface area contributed by atoms with Crippen molar-refractivity contribution in [2.45, 2.75) is 6.92 Å². The number of fused-ring (bicyclic) bond motifs is 2. The smallest absolute Gasteiger partial charge is 0.157 e. The van der Waals surface area contributed by atoms with E-state index in [1.54, 1.807) is 7.11 Å². The lowest BCUT2D eigenvalue weighted by Crippen LogP contribution is -1.91. The van der Waals surface area contributed by atoms with Crippen molar-refractivity contribution in [3.05, 3.63) is 72.4 Å². The first kappa shape index (κ1) is 15.6. The summed E-state index contributed by atoms with van der Waals surface area (Å²) in [6, 6.07) is 20.2. The van der Waals surface area contributed by atoms with E-state index in [0.717, 1.165) is 45.2 Å². The lowest BCUT2D eigenvalue weighted by Gasteiger charge is -2.04. The molecule has 1 N–H and O–H groups in total. The number of aryl methyl sites for hydroxylation is 1. The molecule has 0 unspecified atom stereocenters. The molecule has 0 aliphatic carbocycles. The molecule has 0 fully saturated rings. The average Bonchev–Trinajstić information content (AvgIpc) is 3.28. The van der Waals surface area contributed by atoms with Gasteiger partial charge in [0.1, 0.15) is 22.8 Å². The van der Waals surface area contributed by atoms with Crippen molar-refractivity contribution >= 4 is 16.7 Å². The highest BCUT2D eigenvalue weighted by molar-refractivity contribution is 5.85. The molecule has 5 aromatic rings. The van der Waals surface area contributed by atoms with Crippen LogP contribution < -0.4 is 4.74 Å². The van der Waals surface area contributed by atoms with E-state index in [9.17, 15) is 0 Å². The molecule has 27 heavy (non-hydrogen) atoms. The van der Waals surface area contributed by atoms with Gasteiger partial charge in [0.2, 0.25) is 0 Å². The van der Waals surface area contributed by atoms with Gasteiger partial charge in [0.25, 0.3) is 0 Å². The Morgan fingerprint density at radius 1 is 0.963 bits per heavy atom. The molecular formula is C22H18N4O. The molecule has 0 radical (unpaired) electrons. The van der Waals surface area contributed by atoms with Gasteiger partial charge in [0.15, 0.2) is 5.82 Å². The minimum atomic E-state index is 0.806. The highest BCUT2D eigenvalue weighted by Gasteiger charge is 2.18. The highest BCUT2D eigenvalue weighted by Crippen LogP contribution is 2.33. The minimum absolute atomic E-state index is 0.806. The zero-order valence-electron chi connectivity index (χ0n) is 15.1. The van der Waals surface area contributed by atoms with E-state index in [2.05, 4.69) is 28.4 Å². The third-order valence-corrected chi connectivity index (χ3v) is 4.76. The first-order chi connectivity index (χ1) is 13.2. The first-order valence-electron chi connectivity index (χ1n) is 8.81. The Morgan fingerprint density at radius 2 is 1.81 bits per heavy atom. The van der Waals surface area contributed by atoms with Gasteiger partial charge in [-0.2, -0.15) is 0 Å². The van der Waals surface area contributed by atoms with Crippen LogP contribution in [0.2, 0.25) is 0 Å². The van der Waals surface area contributed by atoms with E-state index in [-0.39, 0.29) is 0 Å². The molecule has 2 aromatic carbocycles. The standard InChI is InChI=1S/C22H18N4O/c1-14-6-11-17-18(13-14)24-22(23-17)21-20(15-7-9-16(27-2)10-8-15)25-19-5-3-4-12-26(19)21/h3-13H,1-2H3,(H,23,24). The average molecular weight is 354 g/mol. The monoisotopic (exact) mass is 354 g/mol. The number of imidazole rings is 2. The van der Waals surface area contributed by atoms with E-state index in [0.29, 0.717) is 0 Å². The second-order valence-electron chi connectivity index (χ2n) is 6.57. The Labute approximate surface area is 156 Å². The molecule has 5 rings (SSSR count). The van der Waals surface area contributed by atoms with Gasteiger partial charge in [0, 0.05) is 11.8 Å². The van der Waals surface area contributed by atoms with Gasteiger partial charge in [-0.15, -0.1) is 0 Å². The molecule has 0 aliphatic heterocycles. The second-order valence-corrected chi connectivity index (χ2v) is 6.57. The first-order valence-corrected chi connectivity index (χ1v) is 8.81. The summed E-state index contributed by atoms with van der Waals surface area (Å²) in [5.41, 5.74) is 6.91. The van der Waals surface area contributed by atoms with Crippen LogP contribution in [0.25, 0.3) is 39.5 Å². The third kappa shape index (κ3) is 2.56. The lowest BCUT2D eigenvalue weighted by molar-refractivity contribution is 0.415. The van der Waals surface area contributed by atoms with Crippen LogP contribution in [0, 0.1) is 6.92 Å². The molecule has 0 spiro atoms. The molecule has 3 heterocycles. The predicted molar refractivity (Wildman–Crippen MR) is 107 cm³/mol. The van der Waals surface area contributed by atoms with Gasteiger partial charge >= 0.3 is 0 Å². The van der Waals surface area contributed by atoms with Crippen LogP contribution >= 0.6 is 0 Å².